The monoisotopic (exact) mass is 348 g/mol. The van der Waals surface area contributed by atoms with Crippen molar-refractivity contribution in [2.45, 2.75) is 31.7 Å². The van der Waals surface area contributed by atoms with Crippen molar-refractivity contribution in [1.29, 1.82) is 0 Å². The molecule has 1 aromatic heterocycles. The van der Waals surface area contributed by atoms with E-state index in [9.17, 15) is 0 Å². The molecule has 0 saturated carbocycles. The first-order valence-corrected chi connectivity index (χ1v) is 8.28. The maximum absolute atomic E-state index is 4.27. The first-order chi connectivity index (χ1) is 10.1. The van der Waals surface area contributed by atoms with Gasteiger partial charge in [0.2, 0.25) is 0 Å². The van der Waals surface area contributed by atoms with Gasteiger partial charge < -0.3 is 4.57 Å². The number of aryl methyl sites for hydroxylation is 1. The van der Waals surface area contributed by atoms with E-state index in [1.165, 1.54) is 5.56 Å². The summed E-state index contributed by atoms with van der Waals surface area (Å²) in [6.45, 7) is 4.53. The topological polar surface area (TPSA) is 34.0 Å². The Morgan fingerprint density at radius 1 is 1.29 bits per heavy atom. The van der Waals surface area contributed by atoms with E-state index in [-0.39, 0.29) is 0 Å². The third kappa shape index (κ3) is 3.19. The molecule has 1 fully saturated rings. The predicted octanol–water partition coefficient (Wildman–Crippen LogP) is 3.52. The molecule has 2 heterocycles. The van der Waals surface area contributed by atoms with E-state index < -0.39 is 0 Å². The molecule has 5 heteroatoms. The fourth-order valence-electron chi connectivity index (χ4n) is 3.18. The van der Waals surface area contributed by atoms with Crippen LogP contribution in [0.3, 0.4) is 0 Å². The summed E-state index contributed by atoms with van der Waals surface area (Å²) in [4.78, 5) is 2.56. The summed E-state index contributed by atoms with van der Waals surface area (Å²) in [6, 6.07) is 9.09. The second kappa shape index (κ2) is 6.28. The zero-order valence-electron chi connectivity index (χ0n) is 12.5. The maximum atomic E-state index is 4.27. The molecule has 1 saturated heterocycles. The average molecular weight is 349 g/mol. The van der Waals surface area contributed by atoms with Crippen LogP contribution < -0.4 is 0 Å². The Morgan fingerprint density at radius 2 is 2.05 bits per heavy atom. The van der Waals surface area contributed by atoms with Gasteiger partial charge in [-0.25, -0.2) is 0 Å². The van der Waals surface area contributed by atoms with E-state index >= 15 is 0 Å². The van der Waals surface area contributed by atoms with E-state index in [2.05, 4.69) is 66.8 Å². The van der Waals surface area contributed by atoms with E-state index in [1.54, 1.807) is 6.33 Å². The molecule has 3 rings (SSSR count). The molecule has 1 aliphatic rings. The maximum Gasteiger partial charge on any atom is 0.135 e. The molecular weight excluding hydrogens is 328 g/mol. The van der Waals surface area contributed by atoms with Crippen molar-refractivity contribution in [1.82, 2.24) is 19.7 Å². The number of nitrogens with zero attached hydrogens (tertiary/aromatic N) is 4. The highest BCUT2D eigenvalue weighted by molar-refractivity contribution is 9.10. The van der Waals surface area contributed by atoms with Crippen molar-refractivity contribution >= 4 is 15.9 Å². The number of piperidine rings is 1. The van der Waals surface area contributed by atoms with Crippen molar-refractivity contribution < 1.29 is 0 Å². The summed E-state index contributed by atoms with van der Waals surface area (Å²) in [5, 5.41) is 8.27. The zero-order valence-corrected chi connectivity index (χ0v) is 14.1. The molecule has 1 atom stereocenters. The number of likely N-dealkylation sites (tertiary alicyclic amines) is 1. The third-order valence-corrected chi connectivity index (χ3v) is 5.01. The Labute approximate surface area is 134 Å². The van der Waals surface area contributed by atoms with Crippen molar-refractivity contribution in [3.05, 3.63) is 46.5 Å². The van der Waals surface area contributed by atoms with E-state index in [4.69, 9.17) is 0 Å². The van der Waals surface area contributed by atoms with E-state index in [0.717, 1.165) is 36.2 Å². The van der Waals surface area contributed by atoms with Crippen LogP contribution in [0.25, 0.3) is 0 Å². The second-order valence-electron chi connectivity index (χ2n) is 5.84. The number of rotatable bonds is 3. The lowest BCUT2D eigenvalue weighted by atomic mass is 9.94. The van der Waals surface area contributed by atoms with Crippen LogP contribution in [-0.4, -0.2) is 32.8 Å². The van der Waals surface area contributed by atoms with Crippen molar-refractivity contribution in [3.8, 4) is 0 Å². The van der Waals surface area contributed by atoms with Gasteiger partial charge in [0, 0.05) is 23.5 Å². The molecule has 1 aromatic carbocycles. The van der Waals surface area contributed by atoms with Gasteiger partial charge in [-0.2, -0.15) is 0 Å². The van der Waals surface area contributed by atoms with Crippen LogP contribution in [0.5, 0.6) is 0 Å². The highest BCUT2D eigenvalue weighted by atomic mass is 79.9. The van der Waals surface area contributed by atoms with Gasteiger partial charge in [0.25, 0.3) is 0 Å². The van der Waals surface area contributed by atoms with Gasteiger partial charge in [-0.05, 0) is 50.6 Å². The summed E-state index contributed by atoms with van der Waals surface area (Å²) < 4.78 is 3.21. The van der Waals surface area contributed by atoms with Crippen LogP contribution in [-0.2, 0) is 7.05 Å². The van der Waals surface area contributed by atoms with E-state index in [0.29, 0.717) is 12.0 Å². The molecule has 0 unspecified atom stereocenters. The number of hydrogen-bond acceptors (Lipinski definition) is 3. The largest absolute Gasteiger partial charge is 0.320 e. The highest BCUT2D eigenvalue weighted by Crippen LogP contribution is 2.31. The molecule has 112 valence electrons. The summed E-state index contributed by atoms with van der Waals surface area (Å²) in [6.07, 6.45) is 4.11. The molecule has 0 radical (unpaired) electrons. The van der Waals surface area contributed by atoms with Gasteiger partial charge in [0.1, 0.15) is 12.2 Å². The minimum atomic E-state index is 0.461. The van der Waals surface area contributed by atoms with Gasteiger partial charge in [-0.1, -0.05) is 28.1 Å². The zero-order chi connectivity index (χ0) is 14.8. The highest BCUT2D eigenvalue weighted by Gasteiger charge is 2.26. The minimum Gasteiger partial charge on any atom is -0.320 e. The van der Waals surface area contributed by atoms with Crippen LogP contribution in [0.1, 0.15) is 43.1 Å². The Balaban J connectivity index is 1.64. The standard InChI is InChI=1S/C16H21BrN4/c1-12(14-4-3-5-15(17)10-14)21-8-6-13(7-9-21)16-19-18-11-20(16)2/h3-5,10-13H,6-9H2,1-2H3/t12-/m1/s1. The Hall–Kier alpha value is -1.20. The molecule has 0 aliphatic carbocycles. The van der Waals surface area contributed by atoms with Crippen molar-refractivity contribution in [2.24, 2.45) is 7.05 Å². The van der Waals surface area contributed by atoms with Crippen LogP contribution in [0, 0.1) is 0 Å². The van der Waals surface area contributed by atoms with Crippen molar-refractivity contribution in [2.75, 3.05) is 13.1 Å². The Morgan fingerprint density at radius 3 is 2.67 bits per heavy atom. The minimum absolute atomic E-state index is 0.461. The molecule has 0 N–H and O–H groups in total. The number of hydrogen-bond donors (Lipinski definition) is 0. The fraction of sp³-hybridized carbons (Fsp3) is 0.500. The Bertz CT molecular complexity index is 602. The molecule has 2 aromatic rings. The Kier molecular flexibility index (Phi) is 4.40. The van der Waals surface area contributed by atoms with E-state index in [1.807, 2.05) is 7.05 Å². The smallest absolute Gasteiger partial charge is 0.135 e. The first-order valence-electron chi connectivity index (χ1n) is 7.48. The average Bonchev–Trinajstić information content (AvgIpc) is 2.93. The summed E-state index contributed by atoms with van der Waals surface area (Å²) >= 11 is 3.56. The lowest BCUT2D eigenvalue weighted by molar-refractivity contribution is 0.159. The molecule has 21 heavy (non-hydrogen) atoms. The van der Waals surface area contributed by atoms with Crippen LogP contribution in [0.4, 0.5) is 0 Å². The molecule has 0 amide bonds. The normalized spacial score (nSPS) is 18.8. The van der Waals surface area contributed by atoms with Gasteiger partial charge in [-0.3, -0.25) is 4.90 Å². The number of benzene rings is 1. The predicted molar refractivity (Wildman–Crippen MR) is 87.1 cm³/mol. The summed E-state index contributed by atoms with van der Waals surface area (Å²) in [5.74, 6) is 1.67. The SMILES string of the molecule is C[C@H](c1cccc(Br)c1)N1CCC(c2nncn2C)CC1. The van der Waals surface area contributed by atoms with Gasteiger partial charge in [-0.15, -0.1) is 10.2 Å². The van der Waals surface area contributed by atoms with Gasteiger partial charge in [0.15, 0.2) is 0 Å². The van der Waals surface area contributed by atoms with Crippen LogP contribution in [0.15, 0.2) is 35.1 Å². The molecular formula is C16H21BrN4. The second-order valence-corrected chi connectivity index (χ2v) is 6.76. The lowest BCUT2D eigenvalue weighted by Gasteiger charge is -2.35. The molecule has 4 nitrogen and oxygen atoms in total. The van der Waals surface area contributed by atoms with Crippen LogP contribution in [0.2, 0.25) is 0 Å². The van der Waals surface area contributed by atoms with Crippen molar-refractivity contribution in [3.63, 3.8) is 0 Å². The molecule has 1 aliphatic heterocycles. The van der Waals surface area contributed by atoms with Crippen LogP contribution >= 0.6 is 15.9 Å². The lowest BCUT2D eigenvalue weighted by Crippen LogP contribution is -2.35. The molecule has 0 spiro atoms. The van der Waals surface area contributed by atoms with Gasteiger partial charge in [0.05, 0.1) is 0 Å². The number of halogens is 1. The van der Waals surface area contributed by atoms with Gasteiger partial charge >= 0.3 is 0 Å². The molecule has 0 bridgehead atoms. The fourth-order valence-corrected chi connectivity index (χ4v) is 3.60. The number of aromatic nitrogens is 3. The third-order valence-electron chi connectivity index (χ3n) is 4.52. The summed E-state index contributed by atoms with van der Waals surface area (Å²) in [5.41, 5.74) is 1.38. The summed E-state index contributed by atoms with van der Waals surface area (Å²) in [7, 11) is 2.03. The first kappa shape index (κ1) is 14.7. The quantitative estimate of drug-likeness (QED) is 0.850.